The van der Waals surface area contributed by atoms with E-state index in [0.717, 1.165) is 57.0 Å². The van der Waals surface area contributed by atoms with Crippen LogP contribution in [0.15, 0.2) is 53.6 Å². The lowest BCUT2D eigenvalue weighted by Gasteiger charge is -2.42. The molecule has 0 aliphatic carbocycles. The van der Waals surface area contributed by atoms with Gasteiger partial charge in [0.25, 0.3) is 0 Å². The van der Waals surface area contributed by atoms with Gasteiger partial charge in [-0.15, -0.1) is 0 Å². The summed E-state index contributed by atoms with van der Waals surface area (Å²) in [7, 11) is -1.25. The van der Waals surface area contributed by atoms with Crippen LogP contribution in [-0.2, 0) is 16.3 Å². The number of benzene rings is 2. The van der Waals surface area contributed by atoms with Crippen molar-refractivity contribution < 1.29 is 13.2 Å². The third-order valence-corrected chi connectivity index (χ3v) is 10.8. The Balaban J connectivity index is 1.31. The Morgan fingerprint density at radius 3 is 2.49 bits per heavy atom. The summed E-state index contributed by atoms with van der Waals surface area (Å²) in [6.07, 6.45) is 5.75. The second kappa shape index (κ2) is 15.1. The Morgan fingerprint density at radius 2 is 1.78 bits per heavy atom. The molecule has 2 saturated heterocycles. The minimum atomic E-state index is -3.46. The highest BCUT2D eigenvalue weighted by Crippen LogP contribution is 2.32. The zero-order valence-corrected chi connectivity index (χ0v) is 28.6. The van der Waals surface area contributed by atoms with Crippen molar-refractivity contribution in [2.24, 2.45) is 0 Å². The van der Waals surface area contributed by atoms with Gasteiger partial charge in [-0.25, -0.2) is 18.4 Å². The van der Waals surface area contributed by atoms with Crippen molar-refractivity contribution in [3.63, 3.8) is 0 Å². The maximum absolute atomic E-state index is 13.0. The number of likely N-dealkylation sites (N-methyl/N-ethyl adjacent to an activating group) is 1. The quantitative estimate of drug-likeness (QED) is 0.251. The van der Waals surface area contributed by atoms with Crippen LogP contribution in [0.1, 0.15) is 57.8 Å². The maximum Gasteiger partial charge on any atom is 0.180 e. The highest BCUT2D eigenvalue weighted by molar-refractivity contribution is 7.91. The van der Waals surface area contributed by atoms with E-state index in [9.17, 15) is 8.42 Å². The molecule has 2 aromatic carbocycles. The number of piperidine rings is 1. The second-order valence-electron chi connectivity index (χ2n) is 12.5. The lowest BCUT2D eigenvalue weighted by molar-refractivity contribution is 0.0982. The number of aromatic nitrogens is 2. The van der Waals surface area contributed by atoms with E-state index < -0.39 is 9.84 Å². The van der Waals surface area contributed by atoms with E-state index in [4.69, 9.17) is 21.3 Å². The summed E-state index contributed by atoms with van der Waals surface area (Å²) in [5, 5.41) is 3.49. The van der Waals surface area contributed by atoms with Crippen LogP contribution in [0.4, 0.5) is 17.2 Å². The normalized spacial score (nSPS) is 17.2. The van der Waals surface area contributed by atoms with Gasteiger partial charge in [-0.1, -0.05) is 43.1 Å². The molecule has 0 radical (unpaired) electrons. The topological polar surface area (TPSA) is 90.9 Å². The van der Waals surface area contributed by atoms with Crippen LogP contribution in [0.3, 0.4) is 0 Å². The molecular weight excluding hydrogens is 608 g/mol. The fourth-order valence-electron chi connectivity index (χ4n) is 6.09. The standard InChI is InChI=1S/C34H47ClN6O3S/c1-5-6-21-45(42,43)32-10-8-7-9-30(32)37-34-29(35)24-36-33(38-34)22-26-11-12-28(23-31(26)44-25(2)3)40-15-13-27(14-16-40)41-19-17-39(4)18-20-41/h7-12,23-25,27H,5-6,13-22H2,1-4H3,(H,36,37,38). The summed E-state index contributed by atoms with van der Waals surface area (Å²) in [6.45, 7) is 12.7. The Hall–Kier alpha value is -2.92. The number of nitrogens with zero attached hydrogens (tertiary/aromatic N) is 5. The fraction of sp³-hybridized carbons (Fsp3) is 0.529. The fourth-order valence-corrected chi connectivity index (χ4v) is 7.85. The van der Waals surface area contributed by atoms with Gasteiger partial charge in [0.1, 0.15) is 16.6 Å². The number of hydrogen-bond donors (Lipinski definition) is 1. The molecule has 9 nitrogen and oxygen atoms in total. The van der Waals surface area contributed by atoms with E-state index in [0.29, 0.717) is 41.2 Å². The molecule has 0 unspecified atom stereocenters. The first-order valence-electron chi connectivity index (χ1n) is 16.2. The molecule has 45 heavy (non-hydrogen) atoms. The van der Waals surface area contributed by atoms with Crippen LogP contribution < -0.4 is 15.0 Å². The van der Waals surface area contributed by atoms with Crippen molar-refractivity contribution in [2.75, 3.05) is 62.3 Å². The molecule has 3 heterocycles. The van der Waals surface area contributed by atoms with Gasteiger partial charge in [-0.3, -0.25) is 4.90 Å². The van der Waals surface area contributed by atoms with Gasteiger partial charge in [0, 0.05) is 69.0 Å². The second-order valence-corrected chi connectivity index (χ2v) is 15.0. The lowest BCUT2D eigenvalue weighted by atomic mass is 10.0. The van der Waals surface area contributed by atoms with Crippen LogP contribution in [-0.4, -0.2) is 92.4 Å². The van der Waals surface area contributed by atoms with Gasteiger partial charge in [0.15, 0.2) is 15.7 Å². The predicted molar refractivity (Wildman–Crippen MR) is 183 cm³/mol. The Morgan fingerprint density at radius 1 is 1.04 bits per heavy atom. The highest BCUT2D eigenvalue weighted by atomic mass is 35.5. The number of rotatable bonds is 12. The number of nitrogens with one attached hydrogen (secondary N) is 1. The number of unbranched alkanes of at least 4 members (excludes halogenated alkanes) is 1. The zero-order valence-electron chi connectivity index (χ0n) is 27.0. The first kappa shape index (κ1) is 33.4. The monoisotopic (exact) mass is 654 g/mol. The summed E-state index contributed by atoms with van der Waals surface area (Å²) < 4.78 is 32.4. The molecule has 3 aromatic rings. The summed E-state index contributed by atoms with van der Waals surface area (Å²) in [5.74, 6) is 1.84. The van der Waals surface area contributed by atoms with Crippen LogP contribution in [0.5, 0.6) is 5.75 Å². The van der Waals surface area contributed by atoms with Crippen LogP contribution in [0.25, 0.3) is 0 Å². The Labute approximate surface area is 273 Å². The van der Waals surface area contributed by atoms with Gasteiger partial charge >= 0.3 is 0 Å². The van der Waals surface area contributed by atoms with E-state index in [1.165, 1.54) is 18.5 Å². The third-order valence-electron chi connectivity index (χ3n) is 8.68. The van der Waals surface area contributed by atoms with E-state index in [1.807, 2.05) is 20.8 Å². The molecule has 2 aliphatic rings. The average molecular weight is 655 g/mol. The number of hydrogen-bond acceptors (Lipinski definition) is 9. The smallest absolute Gasteiger partial charge is 0.180 e. The average Bonchev–Trinajstić information content (AvgIpc) is 3.03. The molecule has 1 N–H and O–H groups in total. The molecule has 0 atom stereocenters. The maximum atomic E-state index is 13.0. The Bertz CT molecular complexity index is 1540. The first-order valence-corrected chi connectivity index (χ1v) is 18.2. The molecule has 2 aliphatic heterocycles. The van der Waals surface area contributed by atoms with Crippen molar-refractivity contribution in [1.82, 2.24) is 19.8 Å². The van der Waals surface area contributed by atoms with Crippen LogP contribution in [0, 0.1) is 0 Å². The largest absolute Gasteiger partial charge is 0.491 e. The highest BCUT2D eigenvalue weighted by Gasteiger charge is 2.27. The molecule has 11 heteroatoms. The van der Waals surface area contributed by atoms with Crippen molar-refractivity contribution in [3.8, 4) is 5.75 Å². The van der Waals surface area contributed by atoms with E-state index in [1.54, 1.807) is 30.5 Å². The number of sulfone groups is 1. The summed E-state index contributed by atoms with van der Waals surface area (Å²) in [6, 6.07) is 14.0. The van der Waals surface area contributed by atoms with Crippen molar-refractivity contribution in [1.29, 1.82) is 0 Å². The molecule has 0 amide bonds. The van der Waals surface area contributed by atoms with E-state index >= 15 is 0 Å². The molecule has 2 fully saturated rings. The SMILES string of the molecule is CCCCS(=O)(=O)c1ccccc1Nc1nc(Cc2ccc(N3CCC(N4CCN(C)CC4)CC3)cc2OC(C)C)ncc1Cl. The molecule has 244 valence electrons. The van der Waals surface area contributed by atoms with Gasteiger partial charge in [-0.05, 0) is 58.4 Å². The van der Waals surface area contributed by atoms with Crippen molar-refractivity contribution in [3.05, 3.63) is 65.1 Å². The van der Waals surface area contributed by atoms with Gasteiger partial charge in [0.05, 0.1) is 28.6 Å². The number of halogens is 1. The molecule has 0 bridgehead atoms. The lowest BCUT2D eigenvalue weighted by Crippen LogP contribution is -2.52. The predicted octanol–water partition coefficient (Wildman–Crippen LogP) is 6.04. The molecule has 5 rings (SSSR count). The van der Waals surface area contributed by atoms with Crippen LogP contribution >= 0.6 is 11.6 Å². The van der Waals surface area contributed by atoms with Gasteiger partial charge in [-0.2, -0.15) is 0 Å². The molecule has 1 aromatic heterocycles. The number of ether oxygens (including phenoxy) is 1. The summed E-state index contributed by atoms with van der Waals surface area (Å²) in [4.78, 5) is 17.0. The molecule has 0 spiro atoms. The molecular formula is C34H47ClN6O3S. The van der Waals surface area contributed by atoms with Crippen molar-refractivity contribution in [2.45, 2.75) is 69.9 Å². The van der Waals surface area contributed by atoms with Crippen molar-refractivity contribution >= 4 is 38.6 Å². The van der Waals surface area contributed by atoms with E-state index in [-0.39, 0.29) is 16.8 Å². The number of piperazine rings is 1. The zero-order chi connectivity index (χ0) is 32.0. The third kappa shape index (κ3) is 8.67. The van der Waals surface area contributed by atoms with Gasteiger partial charge < -0.3 is 19.9 Å². The Kier molecular flexibility index (Phi) is 11.2. The van der Waals surface area contributed by atoms with Gasteiger partial charge in [0.2, 0.25) is 0 Å². The van der Waals surface area contributed by atoms with Crippen LogP contribution in [0.2, 0.25) is 5.02 Å². The number of anilines is 3. The minimum Gasteiger partial charge on any atom is -0.491 e. The van der Waals surface area contributed by atoms with E-state index in [2.05, 4.69) is 50.2 Å². The first-order chi connectivity index (χ1) is 21.6. The minimum absolute atomic E-state index is 0.0106. The number of para-hydroxylation sites is 1. The summed E-state index contributed by atoms with van der Waals surface area (Å²) >= 11 is 6.50. The summed E-state index contributed by atoms with van der Waals surface area (Å²) in [5.41, 5.74) is 2.60. The molecule has 0 saturated carbocycles.